The van der Waals surface area contributed by atoms with Crippen molar-refractivity contribution < 1.29 is 0 Å². The number of imidazole rings is 1. The number of benzene rings is 1. The molecule has 1 aliphatic heterocycles. The molecule has 0 radical (unpaired) electrons. The van der Waals surface area contributed by atoms with Gasteiger partial charge in [0.15, 0.2) is 0 Å². The lowest BCUT2D eigenvalue weighted by molar-refractivity contribution is 0.642. The van der Waals surface area contributed by atoms with E-state index in [2.05, 4.69) is 46.1 Å². The maximum absolute atomic E-state index is 4.35. The van der Waals surface area contributed by atoms with Crippen molar-refractivity contribution in [3.8, 4) is 0 Å². The van der Waals surface area contributed by atoms with Crippen LogP contribution in [0.2, 0.25) is 0 Å². The Morgan fingerprint density at radius 1 is 1.41 bits per heavy atom. The standard InChI is InChI=1S/C14H17N3/c1-10-5-12(8-15-7-10)11-3-4-13-14(6-11)17(2)9-16-13/h3-6,9,12,15H,7-8H2,1-2H3. The van der Waals surface area contributed by atoms with Gasteiger partial charge in [0, 0.05) is 26.1 Å². The molecule has 0 amide bonds. The Balaban J connectivity index is 2.05. The average Bonchev–Trinajstić information content (AvgIpc) is 2.71. The number of hydrogen-bond acceptors (Lipinski definition) is 2. The van der Waals surface area contributed by atoms with Gasteiger partial charge < -0.3 is 9.88 Å². The summed E-state index contributed by atoms with van der Waals surface area (Å²) in [6.45, 7) is 4.23. The molecular weight excluding hydrogens is 210 g/mol. The van der Waals surface area contributed by atoms with Crippen molar-refractivity contribution in [2.45, 2.75) is 12.8 Å². The molecule has 0 bridgehead atoms. The van der Waals surface area contributed by atoms with Gasteiger partial charge in [-0.3, -0.25) is 0 Å². The molecule has 0 saturated heterocycles. The fourth-order valence-electron chi connectivity index (χ4n) is 2.47. The molecule has 0 spiro atoms. The second kappa shape index (κ2) is 4.00. The lowest BCUT2D eigenvalue weighted by Gasteiger charge is -2.21. The van der Waals surface area contributed by atoms with E-state index in [0.717, 1.165) is 18.6 Å². The zero-order valence-corrected chi connectivity index (χ0v) is 10.3. The Morgan fingerprint density at radius 3 is 3.12 bits per heavy atom. The second-order valence-corrected chi connectivity index (χ2v) is 4.85. The van der Waals surface area contributed by atoms with E-state index in [0.29, 0.717) is 5.92 Å². The first-order chi connectivity index (χ1) is 8.24. The third-order valence-corrected chi connectivity index (χ3v) is 3.43. The number of rotatable bonds is 1. The summed E-state index contributed by atoms with van der Waals surface area (Å²) in [5, 5.41) is 3.45. The third kappa shape index (κ3) is 1.87. The highest BCUT2D eigenvalue weighted by molar-refractivity contribution is 5.76. The molecule has 88 valence electrons. The predicted octanol–water partition coefficient (Wildman–Crippen LogP) is 2.21. The molecule has 0 saturated carbocycles. The zero-order valence-electron chi connectivity index (χ0n) is 10.3. The van der Waals surface area contributed by atoms with Crippen LogP contribution >= 0.6 is 0 Å². The van der Waals surface area contributed by atoms with Gasteiger partial charge in [-0.15, -0.1) is 0 Å². The maximum atomic E-state index is 4.35. The van der Waals surface area contributed by atoms with Gasteiger partial charge in [-0.2, -0.15) is 0 Å². The van der Waals surface area contributed by atoms with Crippen molar-refractivity contribution in [2.24, 2.45) is 7.05 Å². The molecule has 0 fully saturated rings. The van der Waals surface area contributed by atoms with Gasteiger partial charge in [-0.05, 0) is 24.6 Å². The average molecular weight is 227 g/mol. The van der Waals surface area contributed by atoms with Crippen LogP contribution in [0.5, 0.6) is 0 Å². The van der Waals surface area contributed by atoms with E-state index in [1.54, 1.807) is 0 Å². The number of aromatic nitrogens is 2. The molecule has 2 aromatic rings. The van der Waals surface area contributed by atoms with Crippen molar-refractivity contribution in [1.29, 1.82) is 0 Å². The molecular formula is C14H17N3. The van der Waals surface area contributed by atoms with Crippen molar-refractivity contribution in [1.82, 2.24) is 14.9 Å². The van der Waals surface area contributed by atoms with Crippen molar-refractivity contribution in [3.05, 3.63) is 41.7 Å². The van der Waals surface area contributed by atoms with Gasteiger partial charge >= 0.3 is 0 Å². The Bertz CT molecular complexity index is 580. The van der Waals surface area contributed by atoms with Crippen LogP contribution in [-0.2, 0) is 7.05 Å². The fourth-order valence-corrected chi connectivity index (χ4v) is 2.47. The van der Waals surface area contributed by atoms with Gasteiger partial charge in [-0.1, -0.05) is 17.7 Å². The molecule has 1 unspecified atom stereocenters. The number of fused-ring (bicyclic) bond motifs is 1. The summed E-state index contributed by atoms with van der Waals surface area (Å²) in [4.78, 5) is 4.35. The molecule has 1 N–H and O–H groups in total. The lowest BCUT2D eigenvalue weighted by Crippen LogP contribution is -2.27. The summed E-state index contributed by atoms with van der Waals surface area (Å²) < 4.78 is 2.08. The molecule has 0 aliphatic carbocycles. The van der Waals surface area contributed by atoms with E-state index in [9.17, 15) is 0 Å². The van der Waals surface area contributed by atoms with Crippen molar-refractivity contribution >= 4 is 11.0 Å². The SMILES string of the molecule is CC1=CC(c2ccc3ncn(C)c3c2)CNC1. The Hall–Kier alpha value is -1.61. The molecule has 1 aromatic carbocycles. The number of nitrogens with zero attached hydrogens (tertiary/aromatic N) is 2. The minimum atomic E-state index is 0.489. The maximum Gasteiger partial charge on any atom is 0.0955 e. The van der Waals surface area contributed by atoms with E-state index in [4.69, 9.17) is 0 Å². The first-order valence-electron chi connectivity index (χ1n) is 6.03. The largest absolute Gasteiger partial charge is 0.334 e. The summed E-state index contributed by atoms with van der Waals surface area (Å²) in [5.41, 5.74) is 5.07. The predicted molar refractivity (Wildman–Crippen MR) is 70.1 cm³/mol. The molecule has 1 atom stereocenters. The minimum Gasteiger partial charge on any atom is -0.334 e. The summed E-state index contributed by atoms with van der Waals surface area (Å²) in [7, 11) is 2.04. The van der Waals surface area contributed by atoms with Crippen LogP contribution in [-0.4, -0.2) is 22.6 Å². The molecule has 17 heavy (non-hydrogen) atoms. The van der Waals surface area contributed by atoms with Crippen LogP contribution in [0.15, 0.2) is 36.2 Å². The Kier molecular flexibility index (Phi) is 2.48. The second-order valence-electron chi connectivity index (χ2n) is 4.85. The Labute approximate surface area is 101 Å². The highest BCUT2D eigenvalue weighted by Crippen LogP contribution is 2.24. The normalized spacial score (nSPS) is 20.6. The van der Waals surface area contributed by atoms with Crippen molar-refractivity contribution in [2.75, 3.05) is 13.1 Å². The smallest absolute Gasteiger partial charge is 0.0955 e. The van der Waals surface area contributed by atoms with Gasteiger partial charge in [-0.25, -0.2) is 4.98 Å². The molecule has 3 rings (SSSR count). The lowest BCUT2D eigenvalue weighted by atomic mass is 9.94. The third-order valence-electron chi connectivity index (χ3n) is 3.43. The van der Waals surface area contributed by atoms with E-state index < -0.39 is 0 Å². The summed E-state index contributed by atoms with van der Waals surface area (Å²) in [6.07, 6.45) is 4.24. The zero-order chi connectivity index (χ0) is 11.8. The summed E-state index contributed by atoms with van der Waals surface area (Å²) >= 11 is 0. The van der Waals surface area contributed by atoms with E-state index in [1.165, 1.54) is 16.7 Å². The van der Waals surface area contributed by atoms with Crippen LogP contribution in [0, 0.1) is 0 Å². The van der Waals surface area contributed by atoms with Crippen LogP contribution in [0.4, 0.5) is 0 Å². The van der Waals surface area contributed by atoms with Gasteiger partial charge in [0.25, 0.3) is 0 Å². The number of nitrogens with one attached hydrogen (secondary N) is 1. The van der Waals surface area contributed by atoms with E-state index in [1.807, 2.05) is 13.4 Å². The van der Waals surface area contributed by atoms with Gasteiger partial charge in [0.05, 0.1) is 17.4 Å². The fraction of sp³-hybridized carbons (Fsp3) is 0.357. The molecule has 3 nitrogen and oxygen atoms in total. The highest BCUT2D eigenvalue weighted by atomic mass is 15.0. The van der Waals surface area contributed by atoms with Gasteiger partial charge in [0.1, 0.15) is 0 Å². The van der Waals surface area contributed by atoms with Crippen LogP contribution in [0.3, 0.4) is 0 Å². The topological polar surface area (TPSA) is 29.9 Å². The van der Waals surface area contributed by atoms with Crippen molar-refractivity contribution in [3.63, 3.8) is 0 Å². The molecule has 1 aromatic heterocycles. The molecule has 2 heterocycles. The number of aryl methyl sites for hydroxylation is 1. The van der Waals surface area contributed by atoms with Gasteiger partial charge in [0.2, 0.25) is 0 Å². The summed E-state index contributed by atoms with van der Waals surface area (Å²) in [6, 6.07) is 6.56. The Morgan fingerprint density at radius 2 is 2.29 bits per heavy atom. The number of hydrogen-bond donors (Lipinski definition) is 1. The van der Waals surface area contributed by atoms with Crippen LogP contribution < -0.4 is 5.32 Å². The highest BCUT2D eigenvalue weighted by Gasteiger charge is 2.14. The minimum absolute atomic E-state index is 0.489. The molecule has 1 aliphatic rings. The summed E-state index contributed by atoms with van der Waals surface area (Å²) in [5.74, 6) is 0.489. The first kappa shape index (κ1) is 10.5. The van der Waals surface area contributed by atoms with E-state index >= 15 is 0 Å². The monoisotopic (exact) mass is 227 g/mol. The first-order valence-corrected chi connectivity index (χ1v) is 6.03. The quantitative estimate of drug-likeness (QED) is 0.757. The van der Waals surface area contributed by atoms with Crippen LogP contribution in [0.25, 0.3) is 11.0 Å². The van der Waals surface area contributed by atoms with Crippen LogP contribution in [0.1, 0.15) is 18.4 Å². The molecule has 3 heteroatoms. The van der Waals surface area contributed by atoms with E-state index in [-0.39, 0.29) is 0 Å².